The number of methoxy groups -OCH3 is 1. The van der Waals surface area contributed by atoms with Crippen LogP contribution < -0.4 is 10.1 Å². The van der Waals surface area contributed by atoms with Gasteiger partial charge in [-0.05, 0) is 70.3 Å². The molecule has 2 rings (SSSR count). The van der Waals surface area contributed by atoms with Gasteiger partial charge in [-0.1, -0.05) is 32.6 Å². The Morgan fingerprint density at radius 3 is 2.62 bits per heavy atom. The number of anilines is 1. The van der Waals surface area contributed by atoms with Crippen molar-refractivity contribution in [2.45, 2.75) is 83.8 Å². The third-order valence-corrected chi connectivity index (χ3v) is 6.10. The SMILES string of the molecule is CCCCC[C@](C)(OC)C(=O)Nc1ccc(OCCCN2CCCC[C@@H]2C)cc1. The zero-order valence-corrected chi connectivity index (χ0v) is 18.8. The molecule has 1 aliphatic rings. The van der Waals surface area contributed by atoms with Crippen LogP contribution in [0.5, 0.6) is 5.75 Å². The quantitative estimate of drug-likeness (QED) is 0.483. The highest BCUT2D eigenvalue weighted by Crippen LogP contribution is 2.23. The van der Waals surface area contributed by atoms with Crippen LogP contribution in [0.15, 0.2) is 24.3 Å². The number of rotatable bonds is 12. The molecule has 1 aliphatic heterocycles. The third-order valence-electron chi connectivity index (χ3n) is 6.10. The van der Waals surface area contributed by atoms with Crippen LogP contribution in [0.1, 0.15) is 72.1 Å². The van der Waals surface area contributed by atoms with Crippen LogP contribution in [0, 0.1) is 0 Å². The molecule has 164 valence electrons. The molecule has 1 amide bonds. The van der Waals surface area contributed by atoms with Crippen molar-refractivity contribution < 1.29 is 14.3 Å². The molecule has 2 atom stereocenters. The van der Waals surface area contributed by atoms with Gasteiger partial charge in [0.2, 0.25) is 0 Å². The Morgan fingerprint density at radius 1 is 1.21 bits per heavy atom. The third kappa shape index (κ3) is 7.63. The molecule has 1 aromatic rings. The molecule has 1 heterocycles. The molecule has 29 heavy (non-hydrogen) atoms. The Kier molecular flexibility index (Phi) is 9.95. The zero-order valence-electron chi connectivity index (χ0n) is 18.8. The zero-order chi connectivity index (χ0) is 21.1. The van der Waals surface area contributed by atoms with E-state index in [-0.39, 0.29) is 5.91 Å². The summed E-state index contributed by atoms with van der Waals surface area (Å²) in [7, 11) is 1.60. The Labute approximate surface area is 177 Å². The lowest BCUT2D eigenvalue weighted by molar-refractivity contribution is -0.136. The van der Waals surface area contributed by atoms with Gasteiger partial charge in [-0.15, -0.1) is 0 Å². The summed E-state index contributed by atoms with van der Waals surface area (Å²) < 4.78 is 11.4. The molecule has 1 saturated heterocycles. The molecular formula is C24H40N2O3. The van der Waals surface area contributed by atoms with Gasteiger partial charge in [0.1, 0.15) is 11.4 Å². The molecular weight excluding hydrogens is 364 g/mol. The lowest BCUT2D eigenvalue weighted by atomic mass is 9.97. The smallest absolute Gasteiger partial charge is 0.256 e. The molecule has 0 spiro atoms. The van der Waals surface area contributed by atoms with E-state index in [1.807, 2.05) is 31.2 Å². The van der Waals surface area contributed by atoms with Gasteiger partial charge in [-0.2, -0.15) is 0 Å². The largest absolute Gasteiger partial charge is 0.494 e. The summed E-state index contributed by atoms with van der Waals surface area (Å²) >= 11 is 0. The number of carbonyl (C=O) groups is 1. The highest BCUT2D eigenvalue weighted by atomic mass is 16.5. The average molecular weight is 405 g/mol. The molecule has 0 radical (unpaired) electrons. The molecule has 5 heteroatoms. The van der Waals surface area contributed by atoms with Gasteiger partial charge in [-0.3, -0.25) is 4.79 Å². The monoisotopic (exact) mass is 404 g/mol. The topological polar surface area (TPSA) is 50.8 Å². The van der Waals surface area contributed by atoms with Crippen LogP contribution in [-0.2, 0) is 9.53 Å². The maximum Gasteiger partial charge on any atom is 0.256 e. The normalized spacial score (nSPS) is 19.5. The summed E-state index contributed by atoms with van der Waals surface area (Å²) in [6.07, 6.45) is 8.96. The molecule has 0 unspecified atom stereocenters. The number of hydrogen-bond acceptors (Lipinski definition) is 4. The van der Waals surface area contributed by atoms with Crippen LogP contribution in [0.4, 0.5) is 5.69 Å². The van der Waals surface area contributed by atoms with Gasteiger partial charge >= 0.3 is 0 Å². The predicted octanol–water partition coefficient (Wildman–Crippen LogP) is 5.25. The molecule has 5 nitrogen and oxygen atoms in total. The van der Waals surface area contributed by atoms with Crippen molar-refractivity contribution in [3.63, 3.8) is 0 Å². The van der Waals surface area contributed by atoms with Crippen molar-refractivity contribution in [2.24, 2.45) is 0 Å². The van der Waals surface area contributed by atoms with Crippen LogP contribution in [0.3, 0.4) is 0 Å². The minimum atomic E-state index is -0.796. The summed E-state index contributed by atoms with van der Waals surface area (Å²) in [6, 6.07) is 8.32. The van der Waals surface area contributed by atoms with Crippen LogP contribution in [-0.4, -0.2) is 49.3 Å². The fourth-order valence-corrected chi connectivity index (χ4v) is 3.87. The molecule has 0 saturated carbocycles. The Bertz CT molecular complexity index is 605. The predicted molar refractivity (Wildman–Crippen MR) is 120 cm³/mol. The first kappa shape index (κ1) is 23.7. The van der Waals surface area contributed by atoms with E-state index in [0.717, 1.165) is 50.1 Å². The molecule has 0 aromatic heterocycles. The summed E-state index contributed by atoms with van der Waals surface area (Å²) in [4.78, 5) is 15.2. The number of nitrogens with zero attached hydrogens (tertiary/aromatic N) is 1. The first-order chi connectivity index (χ1) is 14.0. The maximum absolute atomic E-state index is 12.7. The summed E-state index contributed by atoms with van der Waals surface area (Å²) in [6.45, 7) is 9.37. The van der Waals surface area contributed by atoms with E-state index >= 15 is 0 Å². The standard InChI is InChI=1S/C24H40N2O3/c1-5-6-8-16-24(3,28-4)23(27)25-21-12-14-22(15-13-21)29-19-10-18-26-17-9-7-11-20(26)2/h12-15,20H,5-11,16-19H2,1-4H3,(H,25,27)/t20-,24-/m0/s1. The Morgan fingerprint density at radius 2 is 1.97 bits per heavy atom. The molecule has 1 fully saturated rings. The van der Waals surface area contributed by atoms with Crippen LogP contribution in [0.2, 0.25) is 0 Å². The molecule has 0 bridgehead atoms. The fraction of sp³-hybridized carbons (Fsp3) is 0.708. The number of nitrogens with one attached hydrogen (secondary N) is 1. The number of piperidine rings is 1. The highest BCUT2D eigenvalue weighted by molar-refractivity contribution is 5.97. The number of benzene rings is 1. The number of ether oxygens (including phenoxy) is 2. The van der Waals surface area contributed by atoms with Gasteiger partial charge in [-0.25, -0.2) is 0 Å². The van der Waals surface area contributed by atoms with Crippen molar-refractivity contribution in [1.82, 2.24) is 4.90 Å². The number of carbonyl (C=O) groups excluding carboxylic acids is 1. The van der Waals surface area contributed by atoms with E-state index < -0.39 is 5.60 Å². The van der Waals surface area contributed by atoms with Gasteiger partial charge < -0.3 is 19.7 Å². The fourth-order valence-electron chi connectivity index (χ4n) is 3.87. The van der Waals surface area contributed by atoms with E-state index in [0.29, 0.717) is 12.6 Å². The number of amides is 1. The van der Waals surface area contributed by atoms with Crippen molar-refractivity contribution in [2.75, 3.05) is 32.1 Å². The van der Waals surface area contributed by atoms with Gasteiger partial charge in [0.05, 0.1) is 6.61 Å². The first-order valence-corrected chi connectivity index (χ1v) is 11.3. The van der Waals surface area contributed by atoms with Crippen molar-refractivity contribution >= 4 is 11.6 Å². The van der Waals surface area contributed by atoms with Crippen molar-refractivity contribution in [3.8, 4) is 5.75 Å². The van der Waals surface area contributed by atoms with E-state index in [9.17, 15) is 4.79 Å². The maximum atomic E-state index is 12.7. The van der Waals surface area contributed by atoms with Crippen LogP contribution in [0.25, 0.3) is 0 Å². The first-order valence-electron chi connectivity index (χ1n) is 11.3. The van der Waals surface area contributed by atoms with Gasteiger partial charge in [0.15, 0.2) is 0 Å². The number of unbranched alkanes of at least 4 members (excludes halogenated alkanes) is 2. The summed E-state index contributed by atoms with van der Waals surface area (Å²) in [5.74, 6) is 0.743. The van der Waals surface area contributed by atoms with Crippen LogP contribution >= 0.6 is 0 Å². The van der Waals surface area contributed by atoms with E-state index in [4.69, 9.17) is 9.47 Å². The summed E-state index contributed by atoms with van der Waals surface area (Å²) in [5, 5.41) is 2.98. The number of likely N-dealkylation sites (tertiary alicyclic amines) is 1. The van der Waals surface area contributed by atoms with E-state index in [1.165, 1.54) is 25.8 Å². The van der Waals surface area contributed by atoms with Crippen molar-refractivity contribution in [1.29, 1.82) is 0 Å². The second-order valence-electron chi connectivity index (χ2n) is 8.45. The van der Waals surface area contributed by atoms with Gasteiger partial charge in [0.25, 0.3) is 5.91 Å². The second-order valence-corrected chi connectivity index (χ2v) is 8.45. The minimum absolute atomic E-state index is 0.0968. The molecule has 1 aromatic carbocycles. The van der Waals surface area contributed by atoms with Crippen molar-refractivity contribution in [3.05, 3.63) is 24.3 Å². The molecule has 0 aliphatic carbocycles. The van der Waals surface area contributed by atoms with Gasteiger partial charge in [0, 0.05) is 25.4 Å². The minimum Gasteiger partial charge on any atom is -0.494 e. The second kappa shape index (κ2) is 12.2. The Balaban J connectivity index is 1.75. The highest BCUT2D eigenvalue weighted by Gasteiger charge is 2.32. The lowest BCUT2D eigenvalue weighted by Crippen LogP contribution is -2.41. The lowest BCUT2D eigenvalue weighted by Gasteiger charge is -2.33. The Hall–Kier alpha value is -1.59. The summed E-state index contributed by atoms with van der Waals surface area (Å²) in [5.41, 5.74) is -0.0288. The molecule has 1 N–H and O–H groups in total. The average Bonchev–Trinajstić information content (AvgIpc) is 2.73. The van der Waals surface area contributed by atoms with E-state index in [2.05, 4.69) is 24.1 Å². The van der Waals surface area contributed by atoms with E-state index in [1.54, 1.807) is 7.11 Å². The number of hydrogen-bond donors (Lipinski definition) is 1.